The van der Waals surface area contributed by atoms with Gasteiger partial charge in [-0.3, -0.25) is 4.79 Å². The molecule has 2 rings (SSSR count). The molecular formula is C10H14N2O. The first-order valence-electron chi connectivity index (χ1n) is 4.88. The summed E-state index contributed by atoms with van der Waals surface area (Å²) in [7, 11) is 0. The second kappa shape index (κ2) is 2.73. The monoisotopic (exact) mass is 178 g/mol. The van der Waals surface area contributed by atoms with Crippen molar-refractivity contribution in [1.82, 2.24) is 4.90 Å². The predicted octanol–water partition coefficient (Wildman–Crippen LogP) is 1.16. The first kappa shape index (κ1) is 8.55. The van der Waals surface area contributed by atoms with Gasteiger partial charge in [-0.2, -0.15) is 5.26 Å². The van der Waals surface area contributed by atoms with Gasteiger partial charge in [0.2, 0.25) is 5.91 Å². The number of hydrogen-bond donors (Lipinski definition) is 0. The molecule has 0 spiro atoms. The number of nitriles is 1. The number of amides is 1. The average molecular weight is 178 g/mol. The van der Waals surface area contributed by atoms with E-state index in [2.05, 4.69) is 13.0 Å². The van der Waals surface area contributed by atoms with E-state index in [0.29, 0.717) is 5.92 Å². The van der Waals surface area contributed by atoms with Crippen LogP contribution in [0.4, 0.5) is 0 Å². The highest BCUT2D eigenvalue weighted by Gasteiger charge is 2.53. The first-order valence-corrected chi connectivity index (χ1v) is 4.88. The lowest BCUT2D eigenvalue weighted by Crippen LogP contribution is -2.34. The number of hydrogen-bond acceptors (Lipinski definition) is 2. The fourth-order valence-corrected chi connectivity index (χ4v) is 1.92. The molecule has 3 nitrogen and oxygen atoms in total. The summed E-state index contributed by atoms with van der Waals surface area (Å²) in [4.78, 5) is 13.7. The highest BCUT2D eigenvalue weighted by molar-refractivity contribution is 5.88. The molecule has 0 N–H and O–H groups in total. The van der Waals surface area contributed by atoms with Crippen LogP contribution in [0.5, 0.6) is 0 Å². The molecule has 0 radical (unpaired) electrons. The van der Waals surface area contributed by atoms with Gasteiger partial charge in [0.15, 0.2) is 0 Å². The van der Waals surface area contributed by atoms with Gasteiger partial charge in [-0.25, -0.2) is 0 Å². The van der Waals surface area contributed by atoms with Crippen LogP contribution >= 0.6 is 0 Å². The fraction of sp³-hybridized carbons (Fsp3) is 0.800. The molecule has 3 heteroatoms. The van der Waals surface area contributed by atoms with Gasteiger partial charge in [0.05, 0.1) is 6.07 Å². The van der Waals surface area contributed by atoms with Crippen LogP contribution in [0.1, 0.15) is 26.2 Å². The maximum absolute atomic E-state index is 11.8. The van der Waals surface area contributed by atoms with Gasteiger partial charge in [0.25, 0.3) is 0 Å². The molecule has 2 aliphatic rings. The maximum Gasteiger partial charge on any atom is 0.243 e. The van der Waals surface area contributed by atoms with Crippen molar-refractivity contribution in [2.75, 3.05) is 13.1 Å². The van der Waals surface area contributed by atoms with Gasteiger partial charge in [0.1, 0.15) is 5.41 Å². The van der Waals surface area contributed by atoms with Crippen LogP contribution in [0.15, 0.2) is 0 Å². The Morgan fingerprint density at radius 1 is 1.62 bits per heavy atom. The van der Waals surface area contributed by atoms with Crippen molar-refractivity contribution < 1.29 is 4.79 Å². The second-order valence-corrected chi connectivity index (χ2v) is 4.34. The molecule has 2 fully saturated rings. The van der Waals surface area contributed by atoms with Crippen LogP contribution < -0.4 is 0 Å². The van der Waals surface area contributed by atoms with Gasteiger partial charge in [-0.05, 0) is 25.2 Å². The van der Waals surface area contributed by atoms with E-state index in [-0.39, 0.29) is 5.91 Å². The normalized spacial score (nSPS) is 29.8. The van der Waals surface area contributed by atoms with Crippen LogP contribution in [0.2, 0.25) is 0 Å². The molecule has 13 heavy (non-hydrogen) atoms. The van der Waals surface area contributed by atoms with Gasteiger partial charge in [-0.15, -0.1) is 0 Å². The number of carbonyl (C=O) groups excluding carboxylic acids is 1. The van der Waals surface area contributed by atoms with E-state index in [0.717, 1.165) is 32.4 Å². The molecular weight excluding hydrogens is 164 g/mol. The molecule has 1 heterocycles. The Balaban J connectivity index is 2.03. The predicted molar refractivity (Wildman–Crippen MR) is 47.6 cm³/mol. The van der Waals surface area contributed by atoms with E-state index < -0.39 is 5.41 Å². The molecule has 1 unspecified atom stereocenters. The minimum Gasteiger partial charge on any atom is -0.341 e. The molecule has 1 aliphatic heterocycles. The van der Waals surface area contributed by atoms with E-state index in [1.54, 1.807) is 0 Å². The van der Waals surface area contributed by atoms with E-state index in [1.807, 2.05) is 4.90 Å². The molecule has 0 aromatic rings. The zero-order valence-corrected chi connectivity index (χ0v) is 7.92. The smallest absolute Gasteiger partial charge is 0.243 e. The number of likely N-dealkylation sites (tertiary alicyclic amines) is 1. The molecule has 1 atom stereocenters. The molecule has 70 valence electrons. The maximum atomic E-state index is 11.8. The molecule has 1 amide bonds. The van der Waals surface area contributed by atoms with Crippen molar-refractivity contribution in [2.24, 2.45) is 11.3 Å². The Bertz CT molecular complexity index is 275. The topological polar surface area (TPSA) is 44.1 Å². The summed E-state index contributed by atoms with van der Waals surface area (Å²) in [6, 6.07) is 2.15. The molecule has 1 saturated heterocycles. The Morgan fingerprint density at radius 3 is 2.69 bits per heavy atom. The first-order chi connectivity index (χ1) is 6.18. The molecule has 1 aliphatic carbocycles. The summed E-state index contributed by atoms with van der Waals surface area (Å²) < 4.78 is 0. The highest BCUT2D eigenvalue weighted by atomic mass is 16.2. The minimum atomic E-state index is -0.607. The van der Waals surface area contributed by atoms with Gasteiger partial charge in [-0.1, -0.05) is 6.92 Å². The van der Waals surface area contributed by atoms with Crippen LogP contribution in [0.3, 0.4) is 0 Å². The zero-order chi connectivity index (χ0) is 9.47. The van der Waals surface area contributed by atoms with Crippen molar-refractivity contribution in [1.29, 1.82) is 5.26 Å². The largest absolute Gasteiger partial charge is 0.341 e. The highest BCUT2D eigenvalue weighted by Crippen LogP contribution is 2.47. The number of nitrogens with zero attached hydrogens (tertiary/aromatic N) is 2. The summed E-state index contributed by atoms with van der Waals surface area (Å²) in [5.74, 6) is 0.692. The Kier molecular flexibility index (Phi) is 1.80. The van der Waals surface area contributed by atoms with E-state index in [9.17, 15) is 4.79 Å². The van der Waals surface area contributed by atoms with Gasteiger partial charge < -0.3 is 4.90 Å². The van der Waals surface area contributed by atoms with Crippen LogP contribution in [0.25, 0.3) is 0 Å². The van der Waals surface area contributed by atoms with Crippen LogP contribution in [-0.4, -0.2) is 23.9 Å². The minimum absolute atomic E-state index is 0.0827. The molecule has 0 aromatic carbocycles. The fourth-order valence-electron chi connectivity index (χ4n) is 1.92. The van der Waals surface area contributed by atoms with E-state index >= 15 is 0 Å². The van der Waals surface area contributed by atoms with E-state index in [4.69, 9.17) is 5.26 Å². The van der Waals surface area contributed by atoms with Crippen molar-refractivity contribution in [2.45, 2.75) is 26.2 Å². The van der Waals surface area contributed by atoms with Crippen molar-refractivity contribution in [3.05, 3.63) is 0 Å². The number of carbonyl (C=O) groups is 1. The Morgan fingerprint density at radius 2 is 2.31 bits per heavy atom. The lowest BCUT2D eigenvalue weighted by Gasteiger charge is -2.18. The molecule has 1 saturated carbocycles. The third kappa shape index (κ3) is 1.31. The third-order valence-electron chi connectivity index (χ3n) is 3.08. The summed E-state index contributed by atoms with van der Waals surface area (Å²) in [5, 5.41) is 8.86. The summed E-state index contributed by atoms with van der Waals surface area (Å²) >= 11 is 0. The molecule has 0 bridgehead atoms. The lowest BCUT2D eigenvalue weighted by atomic mass is 10.1. The summed E-state index contributed by atoms with van der Waals surface area (Å²) in [6.07, 6.45) is 2.63. The second-order valence-electron chi connectivity index (χ2n) is 4.34. The molecule has 0 aromatic heterocycles. The third-order valence-corrected chi connectivity index (χ3v) is 3.08. The quantitative estimate of drug-likeness (QED) is 0.604. The van der Waals surface area contributed by atoms with Crippen LogP contribution in [-0.2, 0) is 4.79 Å². The lowest BCUT2D eigenvalue weighted by molar-refractivity contribution is -0.133. The summed E-state index contributed by atoms with van der Waals surface area (Å²) in [6.45, 7) is 3.85. The van der Waals surface area contributed by atoms with Crippen LogP contribution in [0, 0.1) is 22.7 Å². The van der Waals surface area contributed by atoms with Gasteiger partial charge in [0, 0.05) is 13.1 Å². The van der Waals surface area contributed by atoms with Crippen molar-refractivity contribution in [3.8, 4) is 6.07 Å². The number of rotatable bonds is 1. The summed E-state index contributed by atoms with van der Waals surface area (Å²) in [5.41, 5.74) is -0.607. The average Bonchev–Trinajstić information content (AvgIpc) is 2.82. The van der Waals surface area contributed by atoms with Gasteiger partial charge >= 0.3 is 0 Å². The Hall–Kier alpha value is -1.04. The van der Waals surface area contributed by atoms with Crippen molar-refractivity contribution in [3.63, 3.8) is 0 Å². The standard InChI is InChI=1S/C10H14N2O/c1-8-2-5-12(6-8)9(13)10(7-11)3-4-10/h8H,2-6H2,1H3. The van der Waals surface area contributed by atoms with E-state index in [1.165, 1.54) is 0 Å². The Labute approximate surface area is 78.3 Å². The SMILES string of the molecule is CC1CCN(C(=O)C2(C#N)CC2)C1. The zero-order valence-electron chi connectivity index (χ0n) is 7.92. The van der Waals surface area contributed by atoms with Crippen molar-refractivity contribution >= 4 is 5.91 Å².